The first-order valence-corrected chi connectivity index (χ1v) is 6.18. The number of hydrogen-bond acceptors (Lipinski definition) is 7. The van der Waals surface area contributed by atoms with Crippen molar-refractivity contribution in [2.24, 2.45) is 7.05 Å². The minimum atomic E-state index is 0.0275. The SMILES string of the molecule is CC(C)c1noc([C@@H](C)Sc2nnnn2C)n1. The summed E-state index contributed by atoms with van der Waals surface area (Å²) >= 11 is 1.49. The molecule has 7 nitrogen and oxygen atoms in total. The molecule has 0 radical (unpaired) electrons. The third kappa shape index (κ3) is 2.63. The molecule has 0 spiro atoms. The summed E-state index contributed by atoms with van der Waals surface area (Å²) in [5.74, 6) is 1.59. The third-order valence-electron chi connectivity index (χ3n) is 2.19. The molecule has 0 N–H and O–H groups in total. The Morgan fingerprint density at radius 3 is 2.59 bits per heavy atom. The van der Waals surface area contributed by atoms with E-state index in [2.05, 4.69) is 25.7 Å². The lowest BCUT2D eigenvalue weighted by Crippen LogP contribution is -1.97. The van der Waals surface area contributed by atoms with E-state index in [1.165, 1.54) is 11.8 Å². The molecule has 8 heteroatoms. The average molecular weight is 254 g/mol. The number of aromatic nitrogens is 6. The van der Waals surface area contributed by atoms with Crippen molar-refractivity contribution in [1.82, 2.24) is 30.3 Å². The smallest absolute Gasteiger partial charge is 0.239 e. The summed E-state index contributed by atoms with van der Waals surface area (Å²) in [4.78, 5) is 4.34. The van der Waals surface area contributed by atoms with Crippen LogP contribution in [0.3, 0.4) is 0 Å². The van der Waals surface area contributed by atoms with Gasteiger partial charge in [-0.1, -0.05) is 30.8 Å². The van der Waals surface area contributed by atoms with Gasteiger partial charge in [0.15, 0.2) is 5.82 Å². The zero-order chi connectivity index (χ0) is 12.4. The van der Waals surface area contributed by atoms with Gasteiger partial charge < -0.3 is 4.52 Å². The molecule has 2 rings (SSSR count). The van der Waals surface area contributed by atoms with Gasteiger partial charge in [-0.05, 0) is 17.4 Å². The summed E-state index contributed by atoms with van der Waals surface area (Å²) in [6, 6.07) is 0. The molecule has 92 valence electrons. The summed E-state index contributed by atoms with van der Waals surface area (Å²) in [7, 11) is 1.79. The van der Waals surface area contributed by atoms with E-state index in [4.69, 9.17) is 4.52 Å². The zero-order valence-electron chi connectivity index (χ0n) is 10.2. The monoisotopic (exact) mass is 254 g/mol. The van der Waals surface area contributed by atoms with E-state index in [9.17, 15) is 0 Å². The molecule has 0 saturated carbocycles. The summed E-state index contributed by atoms with van der Waals surface area (Å²) < 4.78 is 6.83. The summed E-state index contributed by atoms with van der Waals surface area (Å²) in [6.45, 7) is 6.04. The Morgan fingerprint density at radius 1 is 1.29 bits per heavy atom. The highest BCUT2D eigenvalue weighted by atomic mass is 32.2. The highest BCUT2D eigenvalue weighted by molar-refractivity contribution is 7.99. The number of rotatable bonds is 4. The fourth-order valence-corrected chi connectivity index (χ4v) is 1.96. The first-order chi connectivity index (χ1) is 8.08. The van der Waals surface area contributed by atoms with Crippen LogP contribution >= 0.6 is 11.8 Å². The molecule has 0 aromatic carbocycles. The van der Waals surface area contributed by atoms with Gasteiger partial charge in [-0.2, -0.15) is 4.98 Å². The second kappa shape index (κ2) is 4.82. The van der Waals surface area contributed by atoms with Gasteiger partial charge in [0, 0.05) is 13.0 Å². The van der Waals surface area contributed by atoms with Gasteiger partial charge in [-0.25, -0.2) is 4.68 Å². The van der Waals surface area contributed by atoms with Crippen molar-refractivity contribution in [2.75, 3.05) is 0 Å². The molecule has 17 heavy (non-hydrogen) atoms. The van der Waals surface area contributed by atoms with Gasteiger partial charge in [0.1, 0.15) is 0 Å². The maximum Gasteiger partial charge on any atom is 0.239 e. The largest absolute Gasteiger partial charge is 0.338 e. The molecule has 0 aliphatic rings. The van der Waals surface area contributed by atoms with Gasteiger partial charge in [0.25, 0.3) is 0 Å². The Balaban J connectivity index is 2.09. The lowest BCUT2D eigenvalue weighted by atomic mass is 10.2. The Kier molecular flexibility index (Phi) is 3.41. The van der Waals surface area contributed by atoms with Crippen LogP contribution in [-0.2, 0) is 7.05 Å². The van der Waals surface area contributed by atoms with Crippen LogP contribution in [0.5, 0.6) is 0 Å². The normalized spacial score (nSPS) is 13.2. The fraction of sp³-hybridized carbons (Fsp3) is 0.667. The van der Waals surface area contributed by atoms with E-state index >= 15 is 0 Å². The van der Waals surface area contributed by atoms with Crippen molar-refractivity contribution >= 4 is 11.8 Å². The second-order valence-corrected chi connectivity index (χ2v) is 5.30. The Bertz CT molecular complexity index is 493. The first-order valence-electron chi connectivity index (χ1n) is 5.30. The van der Waals surface area contributed by atoms with Gasteiger partial charge in [-0.15, -0.1) is 5.10 Å². The predicted molar refractivity (Wildman–Crippen MR) is 61.5 cm³/mol. The Labute approximate surface area is 103 Å². The number of tetrazole rings is 1. The molecule has 0 unspecified atom stereocenters. The standard InChI is InChI=1S/C9H14N6OS/c1-5(2)7-10-8(16-12-7)6(3)17-9-11-13-14-15(9)4/h5-6H,1-4H3/t6-/m1/s1. The van der Waals surface area contributed by atoms with Crippen LogP contribution in [0.1, 0.15) is 43.7 Å². The lowest BCUT2D eigenvalue weighted by Gasteiger charge is -2.03. The highest BCUT2D eigenvalue weighted by Gasteiger charge is 2.19. The molecular weight excluding hydrogens is 240 g/mol. The van der Waals surface area contributed by atoms with Gasteiger partial charge in [0.2, 0.25) is 11.0 Å². The molecular formula is C9H14N6OS. The number of thioether (sulfide) groups is 1. The van der Waals surface area contributed by atoms with E-state index < -0.39 is 0 Å². The molecule has 1 atom stereocenters. The molecule has 2 aromatic heterocycles. The van der Waals surface area contributed by atoms with Gasteiger partial charge in [-0.3, -0.25) is 0 Å². The minimum Gasteiger partial charge on any atom is -0.338 e. The van der Waals surface area contributed by atoms with Crippen molar-refractivity contribution < 1.29 is 4.52 Å². The highest BCUT2D eigenvalue weighted by Crippen LogP contribution is 2.32. The van der Waals surface area contributed by atoms with Crippen LogP contribution in [-0.4, -0.2) is 30.3 Å². The van der Waals surface area contributed by atoms with Gasteiger partial charge in [0.05, 0.1) is 5.25 Å². The summed E-state index contributed by atoms with van der Waals surface area (Å²) in [5, 5.41) is 15.9. The van der Waals surface area contributed by atoms with Crippen LogP contribution in [0, 0.1) is 0 Å². The molecule has 0 fully saturated rings. The maximum absolute atomic E-state index is 5.22. The fourth-order valence-electron chi connectivity index (χ4n) is 1.18. The van der Waals surface area contributed by atoms with Crippen LogP contribution in [0.25, 0.3) is 0 Å². The number of aryl methyl sites for hydroxylation is 1. The first kappa shape index (κ1) is 12.0. The topological polar surface area (TPSA) is 82.5 Å². The lowest BCUT2D eigenvalue weighted by molar-refractivity contribution is 0.373. The van der Waals surface area contributed by atoms with E-state index in [0.29, 0.717) is 5.89 Å². The van der Waals surface area contributed by atoms with Crippen LogP contribution in [0.2, 0.25) is 0 Å². The van der Waals surface area contributed by atoms with Crippen LogP contribution in [0.4, 0.5) is 0 Å². The van der Waals surface area contributed by atoms with Crippen molar-refractivity contribution in [1.29, 1.82) is 0 Å². The van der Waals surface area contributed by atoms with Crippen LogP contribution < -0.4 is 0 Å². The molecule has 2 aromatic rings. The zero-order valence-corrected chi connectivity index (χ0v) is 11.0. The second-order valence-electron chi connectivity index (χ2n) is 3.99. The van der Waals surface area contributed by atoms with Crippen molar-refractivity contribution in [3.63, 3.8) is 0 Å². The Hall–Kier alpha value is -1.44. The maximum atomic E-state index is 5.22. The van der Waals surface area contributed by atoms with Crippen LogP contribution in [0.15, 0.2) is 9.68 Å². The van der Waals surface area contributed by atoms with E-state index in [1.807, 2.05) is 20.8 Å². The molecule has 2 heterocycles. The molecule has 0 saturated heterocycles. The average Bonchev–Trinajstić information content (AvgIpc) is 2.88. The minimum absolute atomic E-state index is 0.0275. The van der Waals surface area contributed by atoms with E-state index in [0.717, 1.165) is 11.0 Å². The summed E-state index contributed by atoms with van der Waals surface area (Å²) in [6.07, 6.45) is 0. The van der Waals surface area contributed by atoms with Crippen molar-refractivity contribution in [2.45, 2.75) is 37.1 Å². The molecule has 0 bridgehead atoms. The number of nitrogens with zero attached hydrogens (tertiary/aromatic N) is 6. The van der Waals surface area contributed by atoms with E-state index in [-0.39, 0.29) is 11.2 Å². The van der Waals surface area contributed by atoms with Crippen molar-refractivity contribution in [3.8, 4) is 0 Å². The molecule has 0 aliphatic carbocycles. The van der Waals surface area contributed by atoms with E-state index in [1.54, 1.807) is 11.7 Å². The summed E-state index contributed by atoms with van der Waals surface area (Å²) in [5.41, 5.74) is 0. The predicted octanol–water partition coefficient (Wildman–Crippen LogP) is 1.57. The van der Waals surface area contributed by atoms with Crippen molar-refractivity contribution in [3.05, 3.63) is 11.7 Å². The molecule has 0 amide bonds. The Morgan fingerprint density at radius 2 is 2.06 bits per heavy atom. The quantitative estimate of drug-likeness (QED) is 0.766. The number of hydrogen-bond donors (Lipinski definition) is 0. The van der Waals surface area contributed by atoms with Gasteiger partial charge >= 0.3 is 0 Å². The third-order valence-corrected chi connectivity index (χ3v) is 3.30. The molecule has 0 aliphatic heterocycles.